The fourth-order valence-corrected chi connectivity index (χ4v) is 5.22. The summed E-state index contributed by atoms with van der Waals surface area (Å²) < 4.78 is 13.8. The number of hydrogen-bond donors (Lipinski definition) is 1. The summed E-state index contributed by atoms with van der Waals surface area (Å²) in [5.41, 5.74) is 1.15. The predicted octanol–water partition coefficient (Wildman–Crippen LogP) is 3.12. The molecule has 5 heteroatoms. The summed E-state index contributed by atoms with van der Waals surface area (Å²) >= 11 is 0. The number of rotatable bonds is 3. The predicted molar refractivity (Wildman–Crippen MR) is 93.6 cm³/mol. The second kappa shape index (κ2) is 7.08. The Hall–Kier alpha value is -1.39. The lowest BCUT2D eigenvalue weighted by molar-refractivity contribution is -0.133. The molecule has 25 heavy (non-hydrogen) atoms. The molecule has 0 radical (unpaired) electrons. The number of likely N-dealkylation sites (tertiary alicyclic amines) is 1. The molecular weight excluding hydrogens is 319 g/mol. The number of carbonyl (C=O) groups excluding carboxylic acids is 2. The van der Waals surface area contributed by atoms with Crippen molar-refractivity contribution in [1.82, 2.24) is 10.2 Å². The highest BCUT2D eigenvalue weighted by Gasteiger charge is 2.46. The van der Waals surface area contributed by atoms with Crippen molar-refractivity contribution >= 4 is 11.6 Å². The maximum Gasteiger partial charge on any atom is 0.184 e. The molecule has 3 fully saturated rings. The van der Waals surface area contributed by atoms with Crippen LogP contribution >= 0.6 is 0 Å². The summed E-state index contributed by atoms with van der Waals surface area (Å²) in [6.45, 7) is 1.71. The van der Waals surface area contributed by atoms with Gasteiger partial charge < -0.3 is 10.2 Å². The number of nitrogens with one attached hydrogen (secondary N) is 1. The van der Waals surface area contributed by atoms with E-state index in [4.69, 9.17) is 0 Å². The largest absolute Gasteiger partial charge is 0.378 e. The molecule has 0 aromatic heterocycles. The number of halogens is 1. The van der Waals surface area contributed by atoms with Gasteiger partial charge in [0.25, 0.3) is 0 Å². The van der Waals surface area contributed by atoms with Crippen LogP contribution in [0.4, 0.5) is 4.39 Å². The van der Waals surface area contributed by atoms with E-state index in [9.17, 15) is 14.0 Å². The number of fused-ring (bicyclic) bond motifs is 1. The van der Waals surface area contributed by atoms with E-state index >= 15 is 0 Å². The molecule has 0 aromatic carbocycles. The number of nitrogens with zero attached hydrogens (tertiary/aromatic N) is 1. The first-order valence-corrected chi connectivity index (χ1v) is 10.1. The van der Waals surface area contributed by atoms with E-state index in [1.807, 2.05) is 0 Å². The van der Waals surface area contributed by atoms with E-state index in [0.29, 0.717) is 24.2 Å². The minimum atomic E-state index is -0.793. The molecule has 4 aliphatic rings. The highest BCUT2D eigenvalue weighted by Crippen LogP contribution is 2.40. The van der Waals surface area contributed by atoms with Crippen molar-refractivity contribution in [3.8, 4) is 0 Å². The third kappa shape index (κ3) is 3.22. The topological polar surface area (TPSA) is 49.4 Å². The minimum absolute atomic E-state index is 0.0201. The van der Waals surface area contributed by atoms with Crippen LogP contribution in [0.1, 0.15) is 64.2 Å². The van der Waals surface area contributed by atoms with E-state index in [-0.39, 0.29) is 29.4 Å². The zero-order valence-electron chi connectivity index (χ0n) is 14.9. The lowest BCUT2D eigenvalue weighted by atomic mass is 9.69. The van der Waals surface area contributed by atoms with Gasteiger partial charge in [-0.25, -0.2) is 4.39 Å². The molecule has 0 spiro atoms. The third-order valence-corrected chi connectivity index (χ3v) is 6.54. The molecule has 1 aliphatic heterocycles. The van der Waals surface area contributed by atoms with Crippen LogP contribution in [0, 0.1) is 11.8 Å². The van der Waals surface area contributed by atoms with E-state index in [0.717, 1.165) is 64.5 Å². The highest BCUT2D eigenvalue weighted by atomic mass is 19.1. The number of carbonyl (C=O) groups is 2. The Labute approximate surface area is 149 Å². The van der Waals surface area contributed by atoms with E-state index in [2.05, 4.69) is 10.2 Å². The fourth-order valence-electron chi connectivity index (χ4n) is 5.22. The molecule has 1 N–H and O–H groups in total. The molecule has 3 aliphatic carbocycles. The van der Waals surface area contributed by atoms with Gasteiger partial charge in [-0.3, -0.25) is 9.59 Å². The van der Waals surface area contributed by atoms with Crippen LogP contribution in [0.15, 0.2) is 11.4 Å². The molecule has 0 aromatic rings. The molecule has 1 heterocycles. The van der Waals surface area contributed by atoms with Crippen molar-refractivity contribution < 1.29 is 14.0 Å². The molecule has 2 saturated carbocycles. The van der Waals surface area contributed by atoms with Gasteiger partial charge >= 0.3 is 0 Å². The molecule has 4 rings (SSSR count). The molecule has 4 nitrogen and oxygen atoms in total. The molecule has 4 atom stereocenters. The summed E-state index contributed by atoms with van der Waals surface area (Å²) in [4.78, 5) is 28.6. The first-order chi connectivity index (χ1) is 12.1. The van der Waals surface area contributed by atoms with Gasteiger partial charge in [-0.1, -0.05) is 12.8 Å². The van der Waals surface area contributed by atoms with Crippen LogP contribution in [-0.2, 0) is 9.59 Å². The SMILES string of the molecule is O=C1C(NC2CCCC(F)C2)=C(N2CCCC2)C(=O)C2CCCCC12. The van der Waals surface area contributed by atoms with E-state index in [1.165, 1.54) is 0 Å². The first kappa shape index (κ1) is 17.0. The summed E-state index contributed by atoms with van der Waals surface area (Å²) in [6.07, 6.45) is 7.89. The van der Waals surface area contributed by atoms with Gasteiger partial charge in [0.2, 0.25) is 0 Å². The van der Waals surface area contributed by atoms with Gasteiger partial charge in [-0.2, -0.15) is 0 Å². The number of alkyl halides is 1. The average Bonchev–Trinajstić information content (AvgIpc) is 3.14. The minimum Gasteiger partial charge on any atom is -0.378 e. The van der Waals surface area contributed by atoms with E-state index in [1.54, 1.807) is 0 Å². The van der Waals surface area contributed by atoms with E-state index < -0.39 is 6.17 Å². The van der Waals surface area contributed by atoms with Crippen molar-refractivity contribution in [2.75, 3.05) is 13.1 Å². The van der Waals surface area contributed by atoms with Crippen LogP contribution in [0.5, 0.6) is 0 Å². The maximum atomic E-state index is 13.8. The Morgan fingerprint density at radius 3 is 2.20 bits per heavy atom. The molecule has 1 saturated heterocycles. The Bertz CT molecular complexity index is 582. The van der Waals surface area contributed by atoms with Crippen LogP contribution in [0.3, 0.4) is 0 Å². The van der Waals surface area contributed by atoms with Crippen molar-refractivity contribution in [2.45, 2.75) is 76.4 Å². The lowest BCUT2D eigenvalue weighted by Gasteiger charge is -2.39. The average molecular weight is 348 g/mol. The molecule has 0 bridgehead atoms. The van der Waals surface area contributed by atoms with Gasteiger partial charge in [0, 0.05) is 31.0 Å². The standard InChI is InChI=1S/C20H29FN2O2/c21-13-6-5-7-14(12-13)22-17-18(23-10-3-4-11-23)20(25)16-9-2-1-8-15(16)19(17)24/h13-16,22H,1-12H2. The van der Waals surface area contributed by atoms with Crippen LogP contribution in [0.25, 0.3) is 0 Å². The molecule has 4 unspecified atom stereocenters. The van der Waals surface area contributed by atoms with Crippen LogP contribution in [-0.4, -0.2) is 41.8 Å². The molecule has 138 valence electrons. The number of allylic oxidation sites excluding steroid dienone is 2. The van der Waals surface area contributed by atoms with Gasteiger partial charge in [0.05, 0.1) is 0 Å². The number of hydrogen-bond acceptors (Lipinski definition) is 4. The van der Waals surface area contributed by atoms with Gasteiger partial charge in [0.1, 0.15) is 17.6 Å². The summed E-state index contributed by atoms with van der Waals surface area (Å²) in [5.74, 6) is 0.0102. The summed E-state index contributed by atoms with van der Waals surface area (Å²) in [7, 11) is 0. The second-order valence-electron chi connectivity index (χ2n) is 8.25. The quantitative estimate of drug-likeness (QED) is 0.851. The van der Waals surface area contributed by atoms with Gasteiger partial charge in [0.15, 0.2) is 11.6 Å². The summed E-state index contributed by atoms with van der Waals surface area (Å²) in [5, 5.41) is 3.36. The van der Waals surface area contributed by atoms with Crippen molar-refractivity contribution in [3.05, 3.63) is 11.4 Å². The third-order valence-electron chi connectivity index (χ3n) is 6.54. The number of Topliss-reactive ketones (excluding diaryl/α,β-unsaturated/α-hetero) is 2. The smallest absolute Gasteiger partial charge is 0.184 e. The molecule has 0 amide bonds. The second-order valence-corrected chi connectivity index (χ2v) is 8.25. The molecular formula is C20H29FN2O2. The Morgan fingerprint density at radius 1 is 0.840 bits per heavy atom. The highest BCUT2D eigenvalue weighted by molar-refractivity contribution is 6.13. The first-order valence-electron chi connectivity index (χ1n) is 10.1. The summed E-state index contributed by atoms with van der Waals surface area (Å²) in [6, 6.07) is -0.0201. The van der Waals surface area contributed by atoms with Crippen LogP contribution < -0.4 is 5.32 Å². The lowest BCUT2D eigenvalue weighted by Crippen LogP contribution is -2.49. The maximum absolute atomic E-state index is 13.8. The Kier molecular flexibility index (Phi) is 4.83. The Balaban J connectivity index is 1.66. The zero-order chi connectivity index (χ0) is 17.4. The van der Waals surface area contributed by atoms with Crippen molar-refractivity contribution in [3.63, 3.8) is 0 Å². The normalized spacial score (nSPS) is 36.6. The van der Waals surface area contributed by atoms with Crippen molar-refractivity contribution in [1.29, 1.82) is 0 Å². The van der Waals surface area contributed by atoms with Crippen LogP contribution in [0.2, 0.25) is 0 Å². The monoisotopic (exact) mass is 348 g/mol. The number of ketones is 2. The van der Waals surface area contributed by atoms with Crippen molar-refractivity contribution in [2.24, 2.45) is 11.8 Å². The van der Waals surface area contributed by atoms with Gasteiger partial charge in [-0.15, -0.1) is 0 Å². The zero-order valence-corrected chi connectivity index (χ0v) is 14.9. The Morgan fingerprint density at radius 2 is 1.52 bits per heavy atom. The van der Waals surface area contributed by atoms with Gasteiger partial charge in [-0.05, 0) is 51.4 Å². The fraction of sp³-hybridized carbons (Fsp3) is 0.800.